The van der Waals surface area contributed by atoms with Gasteiger partial charge < -0.3 is 0 Å². The monoisotopic (exact) mass is 296 g/mol. The van der Waals surface area contributed by atoms with Crippen LogP contribution in [0.1, 0.15) is 6.92 Å². The summed E-state index contributed by atoms with van der Waals surface area (Å²) in [5.41, 5.74) is 1.02. The van der Waals surface area contributed by atoms with Gasteiger partial charge in [-0.3, -0.25) is 0 Å². The van der Waals surface area contributed by atoms with Gasteiger partial charge in [-0.1, -0.05) is 41.1 Å². The van der Waals surface area contributed by atoms with Crippen molar-refractivity contribution in [2.24, 2.45) is 5.92 Å². The zero-order chi connectivity index (χ0) is 11.4. The molecule has 0 aliphatic carbocycles. The van der Waals surface area contributed by atoms with Crippen LogP contribution in [0.15, 0.2) is 35.6 Å². The minimum atomic E-state index is 0.652. The van der Waals surface area contributed by atoms with Crippen molar-refractivity contribution in [2.75, 3.05) is 11.1 Å². The predicted octanol–water partition coefficient (Wildman–Crippen LogP) is 3.75. The van der Waals surface area contributed by atoms with Crippen LogP contribution in [-0.4, -0.2) is 21.1 Å². The van der Waals surface area contributed by atoms with Gasteiger partial charge in [0, 0.05) is 16.5 Å². The van der Waals surface area contributed by atoms with Crippen LogP contribution < -0.4 is 0 Å². The van der Waals surface area contributed by atoms with Crippen molar-refractivity contribution in [1.29, 1.82) is 0 Å². The molecule has 4 heteroatoms. The highest BCUT2D eigenvalue weighted by molar-refractivity contribution is 9.09. The van der Waals surface area contributed by atoms with Crippen molar-refractivity contribution in [1.82, 2.24) is 9.97 Å². The number of alkyl halides is 1. The molecule has 0 bridgehead atoms. The summed E-state index contributed by atoms with van der Waals surface area (Å²) in [6.45, 7) is 2.23. The van der Waals surface area contributed by atoms with Crippen molar-refractivity contribution in [3.8, 4) is 0 Å². The van der Waals surface area contributed by atoms with Crippen LogP contribution in [0.3, 0.4) is 0 Å². The summed E-state index contributed by atoms with van der Waals surface area (Å²) in [7, 11) is 0. The van der Waals surface area contributed by atoms with Gasteiger partial charge in [0.25, 0.3) is 0 Å². The highest BCUT2D eigenvalue weighted by Gasteiger charge is 2.06. The Labute approximate surface area is 108 Å². The van der Waals surface area contributed by atoms with E-state index in [-0.39, 0.29) is 0 Å². The van der Waals surface area contributed by atoms with E-state index in [1.54, 1.807) is 18.1 Å². The minimum absolute atomic E-state index is 0.652. The first-order chi connectivity index (χ1) is 7.81. The van der Waals surface area contributed by atoms with E-state index in [1.807, 2.05) is 18.2 Å². The standard InChI is InChI=1S/C12H13BrN2S/c1-9(6-13)7-16-12-10-4-2-3-5-11(10)14-8-15-12/h2-5,8-9H,6-7H2,1H3. The molecule has 2 rings (SSSR count). The third kappa shape index (κ3) is 2.74. The second-order valence-corrected chi connectivity index (χ2v) is 5.42. The van der Waals surface area contributed by atoms with Gasteiger partial charge in [0.2, 0.25) is 0 Å². The van der Waals surface area contributed by atoms with E-state index in [2.05, 4.69) is 38.9 Å². The van der Waals surface area contributed by atoms with E-state index in [4.69, 9.17) is 0 Å². The lowest BCUT2D eigenvalue weighted by Crippen LogP contribution is -1.99. The summed E-state index contributed by atoms with van der Waals surface area (Å²) >= 11 is 5.29. The molecule has 1 aromatic carbocycles. The van der Waals surface area contributed by atoms with Crippen LogP contribution in [0.25, 0.3) is 10.9 Å². The van der Waals surface area contributed by atoms with Crippen LogP contribution in [0.2, 0.25) is 0 Å². The van der Waals surface area contributed by atoms with Crippen molar-refractivity contribution >= 4 is 38.6 Å². The number of fused-ring (bicyclic) bond motifs is 1. The summed E-state index contributed by atoms with van der Waals surface area (Å²) in [6.07, 6.45) is 1.64. The summed E-state index contributed by atoms with van der Waals surface area (Å²) < 4.78 is 0. The van der Waals surface area contributed by atoms with Gasteiger partial charge >= 0.3 is 0 Å². The number of aromatic nitrogens is 2. The van der Waals surface area contributed by atoms with Gasteiger partial charge in [-0.2, -0.15) is 0 Å². The lowest BCUT2D eigenvalue weighted by molar-refractivity contribution is 0.769. The SMILES string of the molecule is CC(CBr)CSc1ncnc2ccccc12. The molecule has 0 aliphatic heterocycles. The zero-order valence-electron chi connectivity index (χ0n) is 9.06. The van der Waals surface area contributed by atoms with Crippen LogP contribution in [0.5, 0.6) is 0 Å². The molecule has 2 aromatic rings. The maximum absolute atomic E-state index is 4.35. The van der Waals surface area contributed by atoms with Gasteiger partial charge in [0.1, 0.15) is 11.4 Å². The molecule has 1 heterocycles. The molecular formula is C12H13BrN2S. The van der Waals surface area contributed by atoms with Crippen molar-refractivity contribution in [2.45, 2.75) is 11.9 Å². The Balaban J connectivity index is 2.23. The van der Waals surface area contributed by atoms with Crippen LogP contribution in [0, 0.1) is 5.92 Å². The average Bonchev–Trinajstić information content (AvgIpc) is 2.35. The number of hydrogen-bond acceptors (Lipinski definition) is 3. The third-order valence-electron chi connectivity index (χ3n) is 2.27. The highest BCUT2D eigenvalue weighted by atomic mass is 79.9. The Hall–Kier alpha value is -0.610. The molecule has 0 fully saturated rings. The number of hydrogen-bond donors (Lipinski definition) is 0. The fraction of sp³-hybridized carbons (Fsp3) is 0.333. The molecule has 0 amide bonds. The number of thioether (sulfide) groups is 1. The van der Waals surface area contributed by atoms with Crippen LogP contribution in [-0.2, 0) is 0 Å². The van der Waals surface area contributed by atoms with E-state index in [9.17, 15) is 0 Å². The van der Waals surface area contributed by atoms with Gasteiger partial charge in [0.15, 0.2) is 0 Å². The summed E-state index contributed by atoms with van der Waals surface area (Å²) in [4.78, 5) is 8.61. The van der Waals surface area contributed by atoms with Gasteiger partial charge in [-0.25, -0.2) is 9.97 Å². The molecule has 1 aromatic heterocycles. The molecule has 1 atom stereocenters. The van der Waals surface area contributed by atoms with Crippen molar-refractivity contribution < 1.29 is 0 Å². The molecule has 0 saturated heterocycles. The lowest BCUT2D eigenvalue weighted by Gasteiger charge is -2.07. The van der Waals surface area contributed by atoms with E-state index < -0.39 is 0 Å². The smallest absolute Gasteiger partial charge is 0.117 e. The molecule has 16 heavy (non-hydrogen) atoms. The van der Waals surface area contributed by atoms with Gasteiger partial charge in [0.05, 0.1) is 5.52 Å². The molecule has 0 spiro atoms. The van der Waals surface area contributed by atoms with E-state index in [0.717, 1.165) is 27.0 Å². The van der Waals surface area contributed by atoms with Crippen molar-refractivity contribution in [3.05, 3.63) is 30.6 Å². The highest BCUT2D eigenvalue weighted by Crippen LogP contribution is 2.25. The lowest BCUT2D eigenvalue weighted by atomic mass is 10.2. The molecule has 2 nitrogen and oxygen atoms in total. The Morgan fingerprint density at radius 2 is 2.12 bits per heavy atom. The molecular weight excluding hydrogens is 284 g/mol. The third-order valence-corrected chi connectivity index (χ3v) is 4.71. The fourth-order valence-electron chi connectivity index (χ4n) is 1.36. The topological polar surface area (TPSA) is 25.8 Å². The fourth-order valence-corrected chi connectivity index (χ4v) is 2.90. The van der Waals surface area contributed by atoms with E-state index >= 15 is 0 Å². The Morgan fingerprint density at radius 3 is 2.94 bits per heavy atom. The Kier molecular flexibility index (Phi) is 4.18. The maximum Gasteiger partial charge on any atom is 0.117 e. The molecule has 0 radical (unpaired) electrons. The first-order valence-corrected chi connectivity index (χ1v) is 7.30. The minimum Gasteiger partial charge on any atom is -0.236 e. The van der Waals surface area contributed by atoms with Gasteiger partial charge in [-0.15, -0.1) is 11.8 Å². The molecule has 84 valence electrons. The second-order valence-electron chi connectivity index (χ2n) is 3.77. The summed E-state index contributed by atoms with van der Waals surface area (Å²) in [5, 5.41) is 3.26. The number of benzene rings is 1. The second kappa shape index (κ2) is 5.64. The first-order valence-electron chi connectivity index (χ1n) is 5.19. The Morgan fingerprint density at radius 1 is 1.31 bits per heavy atom. The van der Waals surface area contributed by atoms with Crippen molar-refractivity contribution in [3.63, 3.8) is 0 Å². The average molecular weight is 297 g/mol. The molecule has 0 aliphatic rings. The normalized spacial score (nSPS) is 12.9. The number of nitrogens with zero attached hydrogens (tertiary/aromatic N) is 2. The van der Waals surface area contributed by atoms with Crippen LogP contribution in [0.4, 0.5) is 0 Å². The quantitative estimate of drug-likeness (QED) is 0.488. The van der Waals surface area contributed by atoms with E-state index in [1.165, 1.54) is 0 Å². The molecule has 1 unspecified atom stereocenters. The first kappa shape index (κ1) is 11.9. The number of rotatable bonds is 4. The maximum atomic E-state index is 4.35. The van der Waals surface area contributed by atoms with Gasteiger partial charge in [-0.05, 0) is 12.0 Å². The zero-order valence-corrected chi connectivity index (χ0v) is 11.5. The predicted molar refractivity (Wildman–Crippen MR) is 73.2 cm³/mol. The van der Waals surface area contributed by atoms with Crippen LogP contribution >= 0.6 is 27.7 Å². The summed E-state index contributed by atoms with van der Waals surface area (Å²) in [5.74, 6) is 1.73. The molecule has 0 N–H and O–H groups in total. The molecule has 0 saturated carbocycles. The largest absolute Gasteiger partial charge is 0.236 e. The summed E-state index contributed by atoms with van der Waals surface area (Å²) in [6, 6.07) is 8.14. The number of halogens is 1. The number of para-hydroxylation sites is 1. The Bertz CT molecular complexity index is 470. The van der Waals surface area contributed by atoms with E-state index in [0.29, 0.717) is 5.92 Å².